The lowest BCUT2D eigenvalue weighted by Crippen LogP contribution is -2.40. The van der Waals surface area contributed by atoms with E-state index in [1.54, 1.807) is 19.1 Å². The molecule has 2 aromatic rings. The van der Waals surface area contributed by atoms with Crippen molar-refractivity contribution in [1.82, 2.24) is 5.32 Å². The molecule has 0 radical (unpaired) electrons. The number of benzene rings is 2. The van der Waals surface area contributed by atoms with Crippen LogP contribution in [-0.2, 0) is 26.4 Å². The number of methoxy groups -OCH3 is 1. The van der Waals surface area contributed by atoms with Crippen LogP contribution in [0.5, 0.6) is 5.75 Å². The average Bonchev–Trinajstić information content (AvgIpc) is 3.40. The van der Waals surface area contributed by atoms with Gasteiger partial charge in [-0.1, -0.05) is 12.1 Å². The minimum Gasteiger partial charge on any atom is -0.489 e. The van der Waals surface area contributed by atoms with Crippen molar-refractivity contribution in [2.75, 3.05) is 45.4 Å². The van der Waals surface area contributed by atoms with Crippen molar-refractivity contribution in [3.8, 4) is 5.75 Å². The van der Waals surface area contributed by atoms with Crippen LogP contribution in [0, 0.1) is 5.82 Å². The van der Waals surface area contributed by atoms with Crippen molar-refractivity contribution < 1.29 is 28.1 Å². The van der Waals surface area contributed by atoms with Crippen molar-refractivity contribution in [2.45, 2.75) is 44.0 Å². The summed E-state index contributed by atoms with van der Waals surface area (Å²) in [6.45, 7) is 2.71. The normalized spacial score (nSPS) is 19.6. The number of hydrogen-bond acceptors (Lipinski definition) is 5. The maximum absolute atomic E-state index is 14.4. The Kier molecular flexibility index (Phi) is 8.03. The van der Waals surface area contributed by atoms with Crippen molar-refractivity contribution in [3.05, 3.63) is 59.4 Å². The van der Waals surface area contributed by atoms with E-state index in [0.29, 0.717) is 38.3 Å². The topological polar surface area (TPSA) is 69.3 Å². The SMILES string of the molecule is COC1(c2cc(F)cc(OCc3ccc(N(C)C(=O)NCC4CCCO4)cc3)c2)CCOCC1. The zero-order chi connectivity index (χ0) is 24.0. The fraction of sp³-hybridized carbons (Fsp3) is 0.500. The molecule has 0 bridgehead atoms. The maximum atomic E-state index is 14.4. The Balaban J connectivity index is 1.35. The van der Waals surface area contributed by atoms with E-state index in [1.807, 2.05) is 30.3 Å². The number of carbonyl (C=O) groups excluding carboxylic acids is 1. The molecule has 7 nitrogen and oxygen atoms in total. The molecule has 1 unspecified atom stereocenters. The van der Waals surface area contributed by atoms with Gasteiger partial charge in [0.2, 0.25) is 0 Å². The van der Waals surface area contributed by atoms with Crippen LogP contribution >= 0.6 is 0 Å². The van der Waals surface area contributed by atoms with Gasteiger partial charge in [0.1, 0.15) is 18.2 Å². The summed E-state index contributed by atoms with van der Waals surface area (Å²) in [4.78, 5) is 14.0. The molecule has 0 aromatic heterocycles. The lowest BCUT2D eigenvalue weighted by Gasteiger charge is -2.36. The van der Waals surface area contributed by atoms with Gasteiger partial charge in [-0.05, 0) is 48.2 Å². The second-order valence-corrected chi connectivity index (χ2v) is 8.82. The van der Waals surface area contributed by atoms with E-state index >= 15 is 0 Å². The van der Waals surface area contributed by atoms with Gasteiger partial charge in [0.05, 0.1) is 11.7 Å². The first-order valence-corrected chi connectivity index (χ1v) is 11.8. The van der Waals surface area contributed by atoms with E-state index in [1.165, 1.54) is 12.1 Å². The Morgan fingerprint density at radius 3 is 2.62 bits per heavy atom. The molecule has 1 atom stereocenters. The van der Waals surface area contributed by atoms with Crippen LogP contribution < -0.4 is 15.0 Å². The number of nitrogens with one attached hydrogen (secondary N) is 1. The van der Waals surface area contributed by atoms with E-state index in [4.69, 9.17) is 18.9 Å². The molecule has 2 aliphatic rings. The standard InChI is InChI=1S/C26H33FN2O5/c1-29(25(30)28-17-23-4-3-11-33-23)22-7-5-19(6-8-22)18-34-24-15-20(14-21(27)16-24)26(31-2)9-12-32-13-10-26/h5-8,14-16,23H,3-4,9-13,17-18H2,1-2H3,(H,28,30). The number of ether oxygens (including phenoxy) is 4. The van der Waals surface area contributed by atoms with E-state index in [-0.39, 0.29) is 24.6 Å². The first kappa shape index (κ1) is 24.4. The first-order valence-electron chi connectivity index (χ1n) is 11.8. The van der Waals surface area contributed by atoms with E-state index in [9.17, 15) is 9.18 Å². The van der Waals surface area contributed by atoms with Gasteiger partial charge in [0, 0.05) is 65.1 Å². The number of anilines is 1. The van der Waals surface area contributed by atoms with Gasteiger partial charge in [-0.3, -0.25) is 4.90 Å². The van der Waals surface area contributed by atoms with Crippen molar-refractivity contribution in [1.29, 1.82) is 0 Å². The molecule has 0 spiro atoms. The van der Waals surface area contributed by atoms with Crippen LogP contribution in [-0.4, -0.2) is 52.7 Å². The molecule has 4 rings (SSSR count). The zero-order valence-corrected chi connectivity index (χ0v) is 19.8. The largest absolute Gasteiger partial charge is 0.489 e. The van der Waals surface area contributed by atoms with Crippen LogP contribution in [0.15, 0.2) is 42.5 Å². The van der Waals surface area contributed by atoms with Crippen LogP contribution in [0.3, 0.4) is 0 Å². The van der Waals surface area contributed by atoms with Gasteiger partial charge >= 0.3 is 6.03 Å². The highest BCUT2D eigenvalue weighted by Crippen LogP contribution is 2.37. The number of halogens is 1. The summed E-state index contributed by atoms with van der Waals surface area (Å²) in [5.41, 5.74) is 1.88. The summed E-state index contributed by atoms with van der Waals surface area (Å²) in [6, 6.07) is 12.1. The number of hydrogen-bond donors (Lipinski definition) is 1. The molecule has 2 aromatic carbocycles. The highest BCUT2D eigenvalue weighted by Gasteiger charge is 2.35. The second-order valence-electron chi connectivity index (χ2n) is 8.82. The van der Waals surface area contributed by atoms with Gasteiger partial charge in [-0.15, -0.1) is 0 Å². The first-order chi connectivity index (χ1) is 16.5. The fourth-order valence-corrected chi connectivity index (χ4v) is 4.45. The predicted molar refractivity (Wildman–Crippen MR) is 127 cm³/mol. The quantitative estimate of drug-likeness (QED) is 0.618. The molecule has 2 amide bonds. The minimum atomic E-state index is -0.560. The van der Waals surface area contributed by atoms with E-state index < -0.39 is 5.60 Å². The van der Waals surface area contributed by atoms with Crippen molar-refractivity contribution in [2.24, 2.45) is 0 Å². The number of carbonyl (C=O) groups is 1. The zero-order valence-electron chi connectivity index (χ0n) is 19.8. The average molecular weight is 473 g/mol. The summed E-state index contributed by atoms with van der Waals surface area (Å²) in [5, 5.41) is 2.91. The smallest absolute Gasteiger partial charge is 0.321 e. The molecular formula is C26H33FN2O5. The Morgan fingerprint density at radius 1 is 1.18 bits per heavy atom. The molecule has 34 heavy (non-hydrogen) atoms. The van der Waals surface area contributed by atoms with Crippen LogP contribution in [0.25, 0.3) is 0 Å². The summed E-state index contributed by atoms with van der Waals surface area (Å²) in [6.07, 6.45) is 3.46. The van der Waals surface area contributed by atoms with Gasteiger partial charge in [0.15, 0.2) is 0 Å². The molecule has 2 fully saturated rings. The molecule has 1 N–H and O–H groups in total. The molecule has 8 heteroatoms. The van der Waals surface area contributed by atoms with E-state index in [2.05, 4.69) is 5.32 Å². The Morgan fingerprint density at radius 2 is 1.94 bits per heavy atom. The third kappa shape index (κ3) is 5.87. The monoisotopic (exact) mass is 472 g/mol. The van der Waals surface area contributed by atoms with E-state index in [0.717, 1.165) is 36.3 Å². The van der Waals surface area contributed by atoms with Gasteiger partial charge in [-0.2, -0.15) is 0 Å². The lowest BCUT2D eigenvalue weighted by molar-refractivity contribution is -0.0950. The number of rotatable bonds is 8. The molecular weight excluding hydrogens is 439 g/mol. The Labute approximate surface area is 200 Å². The van der Waals surface area contributed by atoms with Crippen LogP contribution in [0.1, 0.15) is 36.8 Å². The third-order valence-electron chi connectivity index (χ3n) is 6.63. The number of nitrogens with zero attached hydrogens (tertiary/aromatic N) is 1. The Bertz CT molecular complexity index is 956. The fourth-order valence-electron chi connectivity index (χ4n) is 4.45. The summed E-state index contributed by atoms with van der Waals surface area (Å²) in [5.74, 6) is 0.0917. The van der Waals surface area contributed by atoms with Crippen molar-refractivity contribution >= 4 is 11.7 Å². The molecule has 2 aliphatic heterocycles. The van der Waals surface area contributed by atoms with Gasteiger partial charge in [0.25, 0.3) is 0 Å². The highest BCUT2D eigenvalue weighted by molar-refractivity contribution is 5.91. The maximum Gasteiger partial charge on any atom is 0.321 e. The van der Waals surface area contributed by atoms with Crippen LogP contribution in [0.2, 0.25) is 0 Å². The predicted octanol–water partition coefficient (Wildman–Crippen LogP) is 4.38. The molecule has 0 aliphatic carbocycles. The summed E-state index contributed by atoms with van der Waals surface area (Å²) >= 11 is 0. The molecule has 0 saturated carbocycles. The van der Waals surface area contributed by atoms with Crippen LogP contribution in [0.4, 0.5) is 14.9 Å². The van der Waals surface area contributed by atoms with Crippen molar-refractivity contribution in [3.63, 3.8) is 0 Å². The highest BCUT2D eigenvalue weighted by atomic mass is 19.1. The summed E-state index contributed by atoms with van der Waals surface area (Å²) < 4.78 is 37.1. The van der Waals surface area contributed by atoms with Gasteiger partial charge < -0.3 is 24.3 Å². The number of urea groups is 1. The molecule has 2 saturated heterocycles. The molecule has 184 valence electrons. The van der Waals surface area contributed by atoms with Gasteiger partial charge in [-0.25, -0.2) is 9.18 Å². The lowest BCUT2D eigenvalue weighted by atomic mass is 9.86. The number of amides is 2. The Hall–Kier alpha value is -2.68. The second kappa shape index (κ2) is 11.2. The molecule has 2 heterocycles. The minimum absolute atomic E-state index is 0.102. The third-order valence-corrected chi connectivity index (χ3v) is 6.63. The summed E-state index contributed by atoms with van der Waals surface area (Å²) in [7, 11) is 3.38.